The van der Waals surface area contributed by atoms with Crippen LogP contribution in [0.1, 0.15) is 15.9 Å². The zero-order valence-corrected chi connectivity index (χ0v) is 11.8. The average Bonchev–Trinajstić information content (AvgIpc) is 2.96. The summed E-state index contributed by atoms with van der Waals surface area (Å²) in [6.07, 6.45) is 3.66. The Morgan fingerprint density at radius 1 is 1.05 bits per heavy atom. The Kier molecular flexibility index (Phi) is 3.87. The van der Waals surface area contributed by atoms with Crippen LogP contribution < -0.4 is 5.32 Å². The first-order valence-corrected chi connectivity index (χ1v) is 6.87. The molecule has 22 heavy (non-hydrogen) atoms. The van der Waals surface area contributed by atoms with Crippen LogP contribution in [0.2, 0.25) is 0 Å². The SMILES string of the molecule is O=C(O)c1ccc(Nc2cnn(Cc3ccccc3)c2)cc1. The zero-order valence-electron chi connectivity index (χ0n) is 11.8. The van der Waals surface area contributed by atoms with Crippen molar-refractivity contribution in [1.82, 2.24) is 9.78 Å². The van der Waals surface area contributed by atoms with Crippen molar-refractivity contribution >= 4 is 17.3 Å². The fraction of sp³-hybridized carbons (Fsp3) is 0.0588. The van der Waals surface area contributed by atoms with Gasteiger partial charge in [0.05, 0.1) is 24.0 Å². The first kappa shape index (κ1) is 13.9. The fourth-order valence-electron chi connectivity index (χ4n) is 2.15. The number of anilines is 2. The Hall–Kier alpha value is -3.08. The molecule has 0 aliphatic heterocycles. The third-order valence-electron chi connectivity index (χ3n) is 3.24. The summed E-state index contributed by atoms with van der Waals surface area (Å²) in [5, 5.41) is 16.4. The highest BCUT2D eigenvalue weighted by atomic mass is 16.4. The maximum absolute atomic E-state index is 10.8. The second kappa shape index (κ2) is 6.13. The average molecular weight is 293 g/mol. The lowest BCUT2D eigenvalue weighted by molar-refractivity contribution is 0.0697. The molecule has 0 unspecified atom stereocenters. The van der Waals surface area contributed by atoms with Crippen LogP contribution in [-0.4, -0.2) is 20.9 Å². The number of hydrogen-bond acceptors (Lipinski definition) is 3. The summed E-state index contributed by atoms with van der Waals surface area (Å²) < 4.78 is 1.85. The number of carboxylic acids is 1. The van der Waals surface area contributed by atoms with Gasteiger partial charge in [0.25, 0.3) is 0 Å². The van der Waals surface area contributed by atoms with Crippen molar-refractivity contribution in [2.24, 2.45) is 0 Å². The highest BCUT2D eigenvalue weighted by Gasteiger charge is 2.03. The minimum absolute atomic E-state index is 0.269. The van der Waals surface area contributed by atoms with Crippen molar-refractivity contribution < 1.29 is 9.90 Å². The molecule has 0 radical (unpaired) electrons. The monoisotopic (exact) mass is 293 g/mol. The summed E-state index contributed by atoms with van der Waals surface area (Å²) in [6.45, 7) is 0.709. The van der Waals surface area contributed by atoms with Crippen LogP contribution >= 0.6 is 0 Å². The summed E-state index contributed by atoms with van der Waals surface area (Å²) in [4.78, 5) is 10.8. The number of nitrogens with one attached hydrogen (secondary N) is 1. The molecule has 2 N–H and O–H groups in total. The number of aromatic nitrogens is 2. The quantitative estimate of drug-likeness (QED) is 0.757. The second-order valence-corrected chi connectivity index (χ2v) is 4.92. The van der Waals surface area contributed by atoms with Gasteiger partial charge in [0.2, 0.25) is 0 Å². The summed E-state index contributed by atoms with van der Waals surface area (Å²) in [5.74, 6) is -0.928. The number of nitrogens with zero attached hydrogens (tertiary/aromatic N) is 2. The molecule has 0 saturated heterocycles. The second-order valence-electron chi connectivity index (χ2n) is 4.92. The van der Waals surface area contributed by atoms with E-state index in [1.165, 1.54) is 5.56 Å². The Balaban J connectivity index is 1.67. The highest BCUT2D eigenvalue weighted by molar-refractivity contribution is 5.88. The van der Waals surface area contributed by atoms with Gasteiger partial charge in [0, 0.05) is 11.9 Å². The Bertz CT molecular complexity index is 764. The van der Waals surface area contributed by atoms with E-state index in [-0.39, 0.29) is 5.56 Å². The Morgan fingerprint density at radius 2 is 1.77 bits per heavy atom. The molecule has 0 saturated carbocycles. The number of carboxylic acid groups (broad SMARTS) is 1. The van der Waals surface area contributed by atoms with E-state index in [0.717, 1.165) is 11.4 Å². The molecule has 1 heterocycles. The van der Waals surface area contributed by atoms with Crippen molar-refractivity contribution in [3.05, 3.63) is 78.1 Å². The van der Waals surface area contributed by atoms with Gasteiger partial charge in [-0.05, 0) is 29.8 Å². The molecule has 3 rings (SSSR count). The number of rotatable bonds is 5. The van der Waals surface area contributed by atoms with Crippen molar-refractivity contribution in [3.63, 3.8) is 0 Å². The minimum atomic E-state index is -0.928. The smallest absolute Gasteiger partial charge is 0.335 e. The van der Waals surface area contributed by atoms with Gasteiger partial charge in [-0.2, -0.15) is 5.10 Å². The van der Waals surface area contributed by atoms with Gasteiger partial charge in [0.15, 0.2) is 0 Å². The standard InChI is InChI=1S/C17H15N3O2/c21-17(22)14-6-8-15(9-7-14)19-16-10-18-20(12-16)11-13-4-2-1-3-5-13/h1-10,12,19H,11H2,(H,21,22). The molecule has 0 atom stereocenters. The van der Waals surface area contributed by atoms with Crippen LogP contribution in [-0.2, 0) is 6.54 Å². The van der Waals surface area contributed by atoms with Gasteiger partial charge in [-0.15, -0.1) is 0 Å². The number of hydrogen-bond donors (Lipinski definition) is 2. The van der Waals surface area contributed by atoms with Gasteiger partial charge < -0.3 is 10.4 Å². The Labute approximate surface area is 127 Å². The molecule has 2 aromatic carbocycles. The van der Waals surface area contributed by atoms with E-state index < -0.39 is 5.97 Å². The van der Waals surface area contributed by atoms with E-state index in [1.807, 2.05) is 29.1 Å². The zero-order chi connectivity index (χ0) is 15.4. The normalized spacial score (nSPS) is 10.4. The van der Waals surface area contributed by atoms with Crippen LogP contribution in [0.3, 0.4) is 0 Å². The minimum Gasteiger partial charge on any atom is -0.478 e. The molecule has 0 spiro atoms. The first-order chi connectivity index (χ1) is 10.7. The predicted molar refractivity (Wildman–Crippen MR) is 84.5 cm³/mol. The van der Waals surface area contributed by atoms with Crippen molar-refractivity contribution in [2.45, 2.75) is 6.54 Å². The van der Waals surface area contributed by atoms with Crippen LogP contribution in [0.25, 0.3) is 0 Å². The maximum atomic E-state index is 10.8. The van der Waals surface area contributed by atoms with Crippen molar-refractivity contribution in [1.29, 1.82) is 0 Å². The summed E-state index contributed by atoms with van der Waals surface area (Å²) in [7, 11) is 0. The molecule has 5 heteroatoms. The molecule has 1 aromatic heterocycles. The van der Waals surface area contributed by atoms with Crippen LogP contribution in [0.4, 0.5) is 11.4 Å². The predicted octanol–water partition coefficient (Wildman–Crippen LogP) is 3.37. The lowest BCUT2D eigenvalue weighted by Gasteiger charge is -2.04. The van der Waals surface area contributed by atoms with Gasteiger partial charge in [-0.25, -0.2) is 4.79 Å². The highest BCUT2D eigenvalue weighted by Crippen LogP contribution is 2.17. The molecule has 0 aliphatic rings. The van der Waals surface area contributed by atoms with E-state index in [1.54, 1.807) is 30.5 Å². The van der Waals surface area contributed by atoms with E-state index in [0.29, 0.717) is 6.54 Å². The molecular weight excluding hydrogens is 278 g/mol. The van der Waals surface area contributed by atoms with Gasteiger partial charge in [-0.1, -0.05) is 30.3 Å². The van der Waals surface area contributed by atoms with Crippen molar-refractivity contribution in [3.8, 4) is 0 Å². The molecule has 3 aromatic rings. The molecule has 110 valence electrons. The summed E-state index contributed by atoms with van der Waals surface area (Å²) in [5.41, 5.74) is 3.14. The lowest BCUT2D eigenvalue weighted by atomic mass is 10.2. The molecule has 5 nitrogen and oxygen atoms in total. The molecular formula is C17H15N3O2. The number of aromatic carboxylic acids is 1. The third-order valence-corrected chi connectivity index (χ3v) is 3.24. The van der Waals surface area contributed by atoms with Crippen molar-refractivity contribution in [2.75, 3.05) is 5.32 Å². The Morgan fingerprint density at radius 3 is 2.45 bits per heavy atom. The first-order valence-electron chi connectivity index (χ1n) is 6.87. The maximum Gasteiger partial charge on any atom is 0.335 e. The van der Waals surface area contributed by atoms with E-state index in [4.69, 9.17) is 5.11 Å². The summed E-state index contributed by atoms with van der Waals surface area (Å²) in [6, 6.07) is 16.7. The van der Waals surface area contributed by atoms with E-state index >= 15 is 0 Å². The van der Waals surface area contributed by atoms with E-state index in [9.17, 15) is 4.79 Å². The van der Waals surface area contributed by atoms with Crippen LogP contribution in [0, 0.1) is 0 Å². The largest absolute Gasteiger partial charge is 0.478 e. The fourth-order valence-corrected chi connectivity index (χ4v) is 2.15. The third kappa shape index (κ3) is 3.32. The van der Waals surface area contributed by atoms with Gasteiger partial charge in [-0.3, -0.25) is 4.68 Å². The van der Waals surface area contributed by atoms with Gasteiger partial charge >= 0.3 is 5.97 Å². The lowest BCUT2D eigenvalue weighted by Crippen LogP contribution is -1.99. The van der Waals surface area contributed by atoms with E-state index in [2.05, 4.69) is 22.5 Å². The number of carbonyl (C=O) groups is 1. The molecule has 0 aliphatic carbocycles. The molecule has 0 bridgehead atoms. The van der Waals surface area contributed by atoms with Crippen LogP contribution in [0.15, 0.2) is 67.0 Å². The van der Waals surface area contributed by atoms with Crippen LogP contribution in [0.5, 0.6) is 0 Å². The molecule has 0 fully saturated rings. The summed E-state index contributed by atoms with van der Waals surface area (Å²) >= 11 is 0. The topological polar surface area (TPSA) is 67.2 Å². The number of benzene rings is 2. The van der Waals surface area contributed by atoms with Gasteiger partial charge in [0.1, 0.15) is 0 Å². The molecule has 0 amide bonds.